The molecule has 0 saturated heterocycles. The van der Waals surface area contributed by atoms with Gasteiger partial charge < -0.3 is 5.73 Å². The zero-order chi connectivity index (χ0) is 10.9. The van der Waals surface area contributed by atoms with Crippen molar-refractivity contribution in [2.24, 2.45) is 17.6 Å². The van der Waals surface area contributed by atoms with E-state index in [-0.39, 0.29) is 11.8 Å². The summed E-state index contributed by atoms with van der Waals surface area (Å²) in [6.07, 6.45) is 5.47. The molecule has 0 aromatic heterocycles. The van der Waals surface area contributed by atoms with Gasteiger partial charge in [0.1, 0.15) is 0 Å². The van der Waals surface area contributed by atoms with Gasteiger partial charge in [-0.25, -0.2) is 13.1 Å². The minimum atomic E-state index is -3.08. The first-order valence-corrected chi connectivity index (χ1v) is 7.46. The number of hydrogen-bond acceptors (Lipinski definition) is 3. The Bertz CT molecular complexity index is 307. The highest BCUT2D eigenvalue weighted by atomic mass is 32.2. The van der Waals surface area contributed by atoms with Crippen molar-refractivity contribution in [3.63, 3.8) is 0 Å². The van der Waals surface area contributed by atoms with Gasteiger partial charge in [-0.15, -0.1) is 0 Å². The molecule has 2 aliphatic rings. The molecular formula is C10H20N2O2S. The third-order valence-corrected chi connectivity index (χ3v) is 4.70. The molecule has 0 radical (unpaired) electrons. The van der Waals surface area contributed by atoms with E-state index in [4.69, 9.17) is 5.73 Å². The Kier molecular flexibility index (Phi) is 3.33. The number of nitrogens with two attached hydrogens (primary N) is 1. The summed E-state index contributed by atoms with van der Waals surface area (Å²) in [5.41, 5.74) is 5.56. The van der Waals surface area contributed by atoms with E-state index in [1.165, 1.54) is 12.8 Å². The highest BCUT2D eigenvalue weighted by molar-refractivity contribution is 7.89. The number of hydrogen-bond donors (Lipinski definition) is 2. The van der Waals surface area contributed by atoms with E-state index >= 15 is 0 Å². The second kappa shape index (κ2) is 4.39. The molecule has 0 aliphatic heterocycles. The highest BCUT2D eigenvalue weighted by Crippen LogP contribution is 2.34. The summed E-state index contributed by atoms with van der Waals surface area (Å²) >= 11 is 0. The maximum absolute atomic E-state index is 11.7. The van der Waals surface area contributed by atoms with Crippen LogP contribution in [0.5, 0.6) is 0 Å². The summed E-state index contributed by atoms with van der Waals surface area (Å²) < 4.78 is 26.1. The summed E-state index contributed by atoms with van der Waals surface area (Å²) in [5, 5.41) is 0. The summed E-state index contributed by atoms with van der Waals surface area (Å²) in [5.74, 6) is 1.44. The molecule has 2 saturated carbocycles. The van der Waals surface area contributed by atoms with Crippen molar-refractivity contribution in [2.75, 3.05) is 12.3 Å². The van der Waals surface area contributed by atoms with Crippen LogP contribution in [0.1, 0.15) is 32.1 Å². The van der Waals surface area contributed by atoms with Crippen molar-refractivity contribution in [2.45, 2.75) is 38.1 Å². The van der Waals surface area contributed by atoms with Crippen LogP contribution in [0.15, 0.2) is 0 Å². The summed E-state index contributed by atoms with van der Waals surface area (Å²) in [6, 6.07) is -0.0193. The Morgan fingerprint density at radius 1 is 1.27 bits per heavy atom. The number of nitrogens with one attached hydrogen (secondary N) is 1. The SMILES string of the molecule is NCC(NS(=O)(=O)CCC1CC1)C1CC1. The normalized spacial score (nSPS) is 24.1. The molecule has 2 rings (SSSR count). The van der Waals surface area contributed by atoms with Crippen molar-refractivity contribution < 1.29 is 8.42 Å². The lowest BCUT2D eigenvalue weighted by Gasteiger charge is -2.15. The number of sulfonamides is 1. The standard InChI is InChI=1S/C10H20N2O2S/c11-7-10(9-3-4-9)12-15(13,14)6-5-8-1-2-8/h8-10,12H,1-7,11H2. The van der Waals surface area contributed by atoms with Gasteiger partial charge in [0.15, 0.2) is 0 Å². The molecule has 15 heavy (non-hydrogen) atoms. The Morgan fingerprint density at radius 3 is 2.40 bits per heavy atom. The van der Waals surface area contributed by atoms with Crippen molar-refractivity contribution in [1.82, 2.24) is 4.72 Å². The average Bonchev–Trinajstić information content (AvgIpc) is 3.03. The topological polar surface area (TPSA) is 72.2 Å². The highest BCUT2D eigenvalue weighted by Gasteiger charge is 2.33. The van der Waals surface area contributed by atoms with Crippen LogP contribution in [-0.4, -0.2) is 26.8 Å². The van der Waals surface area contributed by atoms with Gasteiger partial charge in [-0.05, 0) is 31.1 Å². The molecule has 0 aromatic carbocycles. The lowest BCUT2D eigenvalue weighted by molar-refractivity contribution is 0.516. The van der Waals surface area contributed by atoms with Gasteiger partial charge in [-0.2, -0.15) is 0 Å². The second-order valence-electron chi connectivity index (χ2n) is 4.85. The Labute approximate surface area is 91.7 Å². The molecule has 2 fully saturated rings. The molecule has 1 atom stereocenters. The molecule has 88 valence electrons. The summed E-state index contributed by atoms with van der Waals surface area (Å²) in [7, 11) is -3.08. The van der Waals surface area contributed by atoms with Crippen LogP contribution >= 0.6 is 0 Å². The summed E-state index contributed by atoms with van der Waals surface area (Å²) in [6.45, 7) is 0.424. The lowest BCUT2D eigenvalue weighted by Crippen LogP contribution is -2.42. The van der Waals surface area contributed by atoms with Crippen molar-refractivity contribution in [1.29, 1.82) is 0 Å². The Balaban J connectivity index is 1.78. The van der Waals surface area contributed by atoms with Crippen molar-refractivity contribution in [3.8, 4) is 0 Å². The summed E-state index contributed by atoms with van der Waals surface area (Å²) in [4.78, 5) is 0. The Morgan fingerprint density at radius 2 is 1.93 bits per heavy atom. The van der Waals surface area contributed by atoms with E-state index in [1.807, 2.05) is 0 Å². The minimum Gasteiger partial charge on any atom is -0.329 e. The van der Waals surface area contributed by atoms with E-state index < -0.39 is 10.0 Å². The molecule has 1 unspecified atom stereocenters. The third kappa shape index (κ3) is 3.74. The van der Waals surface area contributed by atoms with Gasteiger partial charge in [0, 0.05) is 12.6 Å². The molecule has 0 amide bonds. The molecule has 0 heterocycles. The quantitative estimate of drug-likeness (QED) is 0.669. The largest absolute Gasteiger partial charge is 0.329 e. The molecule has 0 spiro atoms. The molecule has 3 N–H and O–H groups in total. The fourth-order valence-corrected chi connectivity index (χ4v) is 3.36. The molecule has 4 nitrogen and oxygen atoms in total. The van der Waals surface area contributed by atoms with Gasteiger partial charge in [-0.3, -0.25) is 0 Å². The van der Waals surface area contributed by atoms with Crippen molar-refractivity contribution >= 4 is 10.0 Å². The van der Waals surface area contributed by atoms with Crippen LogP contribution in [0.4, 0.5) is 0 Å². The van der Waals surface area contributed by atoms with E-state index in [0.29, 0.717) is 18.4 Å². The van der Waals surface area contributed by atoms with Gasteiger partial charge in [0.25, 0.3) is 0 Å². The van der Waals surface area contributed by atoms with Crippen LogP contribution in [0.2, 0.25) is 0 Å². The van der Waals surface area contributed by atoms with Crippen LogP contribution in [0.25, 0.3) is 0 Å². The second-order valence-corrected chi connectivity index (χ2v) is 6.72. The zero-order valence-corrected chi connectivity index (χ0v) is 9.80. The minimum absolute atomic E-state index is 0.0193. The van der Waals surface area contributed by atoms with Gasteiger partial charge in [0.2, 0.25) is 10.0 Å². The van der Waals surface area contributed by atoms with Gasteiger partial charge in [0.05, 0.1) is 5.75 Å². The molecule has 2 aliphatic carbocycles. The van der Waals surface area contributed by atoms with Crippen LogP contribution in [0, 0.1) is 11.8 Å². The van der Waals surface area contributed by atoms with Crippen molar-refractivity contribution in [3.05, 3.63) is 0 Å². The van der Waals surface area contributed by atoms with Crippen LogP contribution in [0.3, 0.4) is 0 Å². The molecular weight excluding hydrogens is 212 g/mol. The fraction of sp³-hybridized carbons (Fsp3) is 1.00. The van der Waals surface area contributed by atoms with E-state index in [0.717, 1.165) is 19.3 Å². The Hall–Kier alpha value is -0.130. The average molecular weight is 232 g/mol. The van der Waals surface area contributed by atoms with Gasteiger partial charge >= 0.3 is 0 Å². The first-order valence-electron chi connectivity index (χ1n) is 5.81. The number of rotatable bonds is 7. The first kappa shape index (κ1) is 11.4. The van der Waals surface area contributed by atoms with Crippen LogP contribution < -0.4 is 10.5 Å². The van der Waals surface area contributed by atoms with E-state index in [1.54, 1.807) is 0 Å². The van der Waals surface area contributed by atoms with Crippen LogP contribution in [-0.2, 0) is 10.0 Å². The fourth-order valence-electron chi connectivity index (χ4n) is 1.85. The van der Waals surface area contributed by atoms with E-state index in [9.17, 15) is 8.42 Å². The monoisotopic (exact) mass is 232 g/mol. The zero-order valence-electron chi connectivity index (χ0n) is 8.98. The smallest absolute Gasteiger partial charge is 0.211 e. The lowest BCUT2D eigenvalue weighted by atomic mass is 10.2. The maximum atomic E-state index is 11.7. The first-order chi connectivity index (χ1) is 7.11. The molecule has 5 heteroatoms. The third-order valence-electron chi connectivity index (χ3n) is 3.27. The van der Waals surface area contributed by atoms with E-state index in [2.05, 4.69) is 4.72 Å². The maximum Gasteiger partial charge on any atom is 0.211 e. The van der Waals surface area contributed by atoms with Gasteiger partial charge in [-0.1, -0.05) is 12.8 Å². The molecule has 0 aromatic rings. The predicted octanol–water partition coefficient (Wildman–Crippen LogP) is 0.443. The molecule has 0 bridgehead atoms. The predicted molar refractivity (Wildman–Crippen MR) is 59.8 cm³/mol.